The van der Waals surface area contributed by atoms with Crippen LogP contribution in [0.4, 0.5) is 0 Å². The van der Waals surface area contributed by atoms with Gasteiger partial charge in [0.05, 0.1) is 12.5 Å². The molecule has 0 aliphatic heterocycles. The maximum Gasteiger partial charge on any atom is 0.0947 e. The third-order valence-electron chi connectivity index (χ3n) is 1.69. The summed E-state index contributed by atoms with van der Waals surface area (Å²) in [6.07, 6.45) is 6.08. The molecule has 4 heteroatoms. The minimum atomic E-state index is -0.664. The molecule has 0 aromatic carbocycles. The fourth-order valence-corrected chi connectivity index (χ4v) is 1.58. The zero-order chi connectivity index (χ0) is 9.52. The number of nitrogens with one attached hydrogen (secondary N) is 1. The van der Waals surface area contributed by atoms with Gasteiger partial charge in [0.2, 0.25) is 0 Å². The van der Waals surface area contributed by atoms with Gasteiger partial charge in [0.25, 0.3) is 0 Å². The number of hydrogen-bond donors (Lipinski definition) is 1. The van der Waals surface area contributed by atoms with Crippen LogP contribution in [0.25, 0.3) is 0 Å². The Morgan fingerprint density at radius 2 is 2.46 bits per heavy atom. The van der Waals surface area contributed by atoms with Crippen molar-refractivity contribution in [3.8, 4) is 0 Å². The molecular formula is C9H15NO2S. The summed E-state index contributed by atoms with van der Waals surface area (Å²) in [5.41, 5.74) is 1.15. The van der Waals surface area contributed by atoms with Gasteiger partial charge < -0.3 is 9.73 Å². The first kappa shape index (κ1) is 10.5. The average Bonchev–Trinajstić information content (AvgIpc) is 2.55. The summed E-state index contributed by atoms with van der Waals surface area (Å²) in [4.78, 5) is 0. The summed E-state index contributed by atoms with van der Waals surface area (Å²) in [5, 5.41) is 3.25. The smallest absolute Gasteiger partial charge is 0.0947 e. The zero-order valence-electron chi connectivity index (χ0n) is 7.79. The molecule has 1 N–H and O–H groups in total. The van der Waals surface area contributed by atoms with Gasteiger partial charge in [0.1, 0.15) is 0 Å². The summed E-state index contributed by atoms with van der Waals surface area (Å²) < 4.78 is 15.6. The highest BCUT2D eigenvalue weighted by Gasteiger charge is 1.94. The van der Waals surface area contributed by atoms with E-state index in [1.54, 1.807) is 18.8 Å². The van der Waals surface area contributed by atoms with E-state index in [9.17, 15) is 4.21 Å². The van der Waals surface area contributed by atoms with E-state index in [2.05, 4.69) is 5.32 Å². The SMILES string of the molecule is CS(=O)CCCNCc1ccoc1. The highest BCUT2D eigenvalue weighted by atomic mass is 32.2. The fourth-order valence-electron chi connectivity index (χ4n) is 1.03. The standard InChI is InChI=1S/C9H15NO2S/c1-13(11)6-2-4-10-7-9-3-5-12-8-9/h3,5,8,10H,2,4,6-7H2,1H3. The minimum Gasteiger partial charge on any atom is -0.472 e. The Kier molecular flexibility index (Phi) is 4.78. The molecule has 0 spiro atoms. The van der Waals surface area contributed by atoms with Crippen molar-refractivity contribution in [2.24, 2.45) is 0 Å². The van der Waals surface area contributed by atoms with E-state index in [1.807, 2.05) is 6.07 Å². The molecule has 1 rings (SSSR count). The van der Waals surface area contributed by atoms with Crippen LogP contribution in [0.3, 0.4) is 0 Å². The Bertz CT molecular complexity index is 246. The second-order valence-electron chi connectivity index (χ2n) is 2.94. The normalized spacial score (nSPS) is 13.0. The Labute approximate surface area is 81.0 Å². The predicted octanol–water partition coefficient (Wildman–Crippen LogP) is 1.14. The van der Waals surface area contributed by atoms with E-state index in [1.165, 1.54) is 0 Å². The first-order valence-electron chi connectivity index (χ1n) is 4.31. The monoisotopic (exact) mass is 201 g/mol. The van der Waals surface area contributed by atoms with Gasteiger partial charge in [-0.05, 0) is 19.0 Å². The van der Waals surface area contributed by atoms with Crippen molar-refractivity contribution in [2.45, 2.75) is 13.0 Å². The largest absolute Gasteiger partial charge is 0.472 e. The lowest BCUT2D eigenvalue weighted by Gasteiger charge is -2.00. The van der Waals surface area contributed by atoms with Gasteiger partial charge in [-0.1, -0.05) is 0 Å². The second-order valence-corrected chi connectivity index (χ2v) is 4.49. The number of rotatable bonds is 6. The lowest BCUT2D eigenvalue weighted by molar-refractivity contribution is 0.560. The van der Waals surface area contributed by atoms with Crippen molar-refractivity contribution in [1.82, 2.24) is 5.32 Å². The molecular weight excluding hydrogens is 186 g/mol. The third kappa shape index (κ3) is 4.85. The highest BCUT2D eigenvalue weighted by Crippen LogP contribution is 1.98. The minimum absolute atomic E-state index is 0.664. The molecule has 0 bridgehead atoms. The first-order valence-corrected chi connectivity index (χ1v) is 6.03. The molecule has 0 radical (unpaired) electrons. The molecule has 1 aromatic rings. The van der Waals surface area contributed by atoms with Gasteiger partial charge in [-0.25, -0.2) is 0 Å². The van der Waals surface area contributed by atoms with Crippen molar-refractivity contribution in [1.29, 1.82) is 0 Å². The van der Waals surface area contributed by atoms with E-state index >= 15 is 0 Å². The van der Waals surface area contributed by atoms with Crippen molar-refractivity contribution < 1.29 is 8.63 Å². The van der Waals surface area contributed by atoms with E-state index in [4.69, 9.17) is 4.42 Å². The molecule has 0 amide bonds. The third-order valence-corrected chi connectivity index (χ3v) is 2.56. The highest BCUT2D eigenvalue weighted by molar-refractivity contribution is 7.84. The summed E-state index contributed by atoms with van der Waals surface area (Å²) in [6, 6.07) is 1.94. The Hall–Kier alpha value is -0.610. The van der Waals surface area contributed by atoms with E-state index < -0.39 is 10.8 Å². The zero-order valence-corrected chi connectivity index (χ0v) is 8.60. The van der Waals surface area contributed by atoms with Crippen LogP contribution >= 0.6 is 0 Å². The lowest BCUT2D eigenvalue weighted by atomic mass is 10.3. The van der Waals surface area contributed by atoms with E-state index in [0.29, 0.717) is 0 Å². The molecule has 0 saturated heterocycles. The summed E-state index contributed by atoms with van der Waals surface area (Å²) >= 11 is 0. The molecule has 1 unspecified atom stereocenters. The summed E-state index contributed by atoms with van der Waals surface area (Å²) in [6.45, 7) is 1.73. The van der Waals surface area contributed by atoms with Crippen LogP contribution in [0, 0.1) is 0 Å². The molecule has 0 aliphatic carbocycles. The van der Waals surface area contributed by atoms with E-state index in [-0.39, 0.29) is 0 Å². The molecule has 74 valence electrons. The Morgan fingerprint density at radius 1 is 1.62 bits per heavy atom. The van der Waals surface area contributed by atoms with Gasteiger partial charge >= 0.3 is 0 Å². The summed E-state index contributed by atoms with van der Waals surface area (Å²) in [7, 11) is -0.664. The Morgan fingerprint density at radius 3 is 3.08 bits per heavy atom. The predicted molar refractivity (Wildman–Crippen MR) is 54.0 cm³/mol. The molecule has 1 atom stereocenters. The molecule has 0 fully saturated rings. The fraction of sp³-hybridized carbons (Fsp3) is 0.556. The van der Waals surface area contributed by atoms with Crippen molar-refractivity contribution >= 4 is 10.8 Å². The van der Waals surface area contributed by atoms with Crippen LogP contribution in [0.2, 0.25) is 0 Å². The summed E-state index contributed by atoms with van der Waals surface area (Å²) in [5.74, 6) is 0.776. The molecule has 13 heavy (non-hydrogen) atoms. The van der Waals surface area contributed by atoms with Gasteiger partial charge in [0, 0.05) is 34.9 Å². The molecule has 3 nitrogen and oxygen atoms in total. The number of furan rings is 1. The Balaban J connectivity index is 1.99. The molecule has 1 aromatic heterocycles. The van der Waals surface area contributed by atoms with Crippen LogP contribution in [0.1, 0.15) is 12.0 Å². The van der Waals surface area contributed by atoms with Crippen LogP contribution in [0.5, 0.6) is 0 Å². The second kappa shape index (κ2) is 5.94. The van der Waals surface area contributed by atoms with Gasteiger partial charge in [-0.15, -0.1) is 0 Å². The van der Waals surface area contributed by atoms with Crippen molar-refractivity contribution in [3.63, 3.8) is 0 Å². The lowest BCUT2D eigenvalue weighted by Crippen LogP contribution is -2.16. The van der Waals surface area contributed by atoms with Crippen molar-refractivity contribution in [2.75, 3.05) is 18.6 Å². The first-order chi connectivity index (χ1) is 6.29. The molecule has 1 heterocycles. The maximum atomic E-state index is 10.7. The quantitative estimate of drug-likeness (QED) is 0.702. The van der Waals surface area contributed by atoms with Crippen LogP contribution in [-0.4, -0.2) is 22.8 Å². The van der Waals surface area contributed by atoms with Crippen LogP contribution < -0.4 is 5.32 Å². The van der Waals surface area contributed by atoms with Gasteiger partial charge in [-0.2, -0.15) is 0 Å². The number of hydrogen-bond acceptors (Lipinski definition) is 3. The van der Waals surface area contributed by atoms with Gasteiger partial charge in [-0.3, -0.25) is 4.21 Å². The van der Waals surface area contributed by atoms with Crippen LogP contribution in [0.15, 0.2) is 23.0 Å². The van der Waals surface area contributed by atoms with Crippen molar-refractivity contribution in [3.05, 3.63) is 24.2 Å². The van der Waals surface area contributed by atoms with E-state index in [0.717, 1.165) is 30.8 Å². The maximum absolute atomic E-state index is 10.7. The average molecular weight is 201 g/mol. The molecule has 0 saturated carbocycles. The topological polar surface area (TPSA) is 42.2 Å². The van der Waals surface area contributed by atoms with Gasteiger partial charge in [0.15, 0.2) is 0 Å². The molecule has 0 aliphatic rings. The van der Waals surface area contributed by atoms with Crippen LogP contribution in [-0.2, 0) is 17.3 Å².